The second-order valence-corrected chi connectivity index (χ2v) is 6.52. The van der Waals surface area contributed by atoms with E-state index in [1.807, 2.05) is 6.92 Å². The molecule has 0 fully saturated rings. The molecule has 0 atom stereocenters. The molecule has 1 amide bonds. The topological polar surface area (TPSA) is 93.8 Å². The van der Waals surface area contributed by atoms with Crippen molar-refractivity contribution >= 4 is 28.2 Å². The molecule has 3 rings (SSSR count). The Balaban J connectivity index is 1.75. The van der Waals surface area contributed by atoms with Gasteiger partial charge >= 0.3 is 0 Å². The van der Waals surface area contributed by atoms with Gasteiger partial charge in [0.05, 0.1) is 5.69 Å². The Morgan fingerprint density at radius 3 is 2.58 bits per heavy atom. The molecule has 0 spiro atoms. The van der Waals surface area contributed by atoms with Crippen LogP contribution in [0, 0.1) is 13.8 Å². The first kappa shape index (κ1) is 16.1. The first-order chi connectivity index (χ1) is 11.5. The number of carbonyl (C=O) groups excluding carboxylic acids is 1. The van der Waals surface area contributed by atoms with Crippen molar-refractivity contribution in [3.05, 3.63) is 64.1 Å². The number of amides is 1. The predicted molar refractivity (Wildman–Crippen MR) is 95.2 cm³/mol. The van der Waals surface area contributed by atoms with Gasteiger partial charge in [-0.2, -0.15) is 0 Å². The molecule has 0 saturated heterocycles. The molecule has 6 nitrogen and oxygen atoms in total. The molecule has 122 valence electrons. The number of nitrogen functional groups attached to an aromatic ring is 1. The highest BCUT2D eigenvalue weighted by Gasteiger charge is 2.15. The minimum Gasteiger partial charge on any atom is -0.382 e. The lowest BCUT2D eigenvalue weighted by Gasteiger charge is -2.02. The number of rotatable bonds is 4. The molecule has 0 aliphatic carbocycles. The fraction of sp³-hybridized carbons (Fsp3) is 0.176. The molecule has 0 radical (unpaired) electrons. The summed E-state index contributed by atoms with van der Waals surface area (Å²) in [6.45, 7) is 4.00. The molecule has 2 aromatic heterocycles. The van der Waals surface area contributed by atoms with Crippen molar-refractivity contribution in [1.82, 2.24) is 15.0 Å². The van der Waals surface area contributed by atoms with E-state index < -0.39 is 5.91 Å². The summed E-state index contributed by atoms with van der Waals surface area (Å²) in [5.41, 5.74) is 9.12. The average Bonchev–Trinajstić information content (AvgIpc) is 2.89. The van der Waals surface area contributed by atoms with Gasteiger partial charge in [0.1, 0.15) is 0 Å². The Morgan fingerprint density at radius 2 is 1.88 bits per heavy atom. The zero-order chi connectivity index (χ0) is 17.1. The SMILES string of the molecule is Cc1ccc(Cc2sc(NC(=O)c3nccnc3N)nc2C)cc1. The van der Waals surface area contributed by atoms with Crippen molar-refractivity contribution in [1.29, 1.82) is 0 Å². The lowest BCUT2D eigenvalue weighted by atomic mass is 10.1. The van der Waals surface area contributed by atoms with Crippen LogP contribution >= 0.6 is 11.3 Å². The Kier molecular flexibility index (Phi) is 4.52. The van der Waals surface area contributed by atoms with Crippen LogP contribution in [0.15, 0.2) is 36.7 Å². The van der Waals surface area contributed by atoms with Crippen LogP contribution in [0.25, 0.3) is 0 Å². The summed E-state index contributed by atoms with van der Waals surface area (Å²) in [5, 5.41) is 3.27. The van der Waals surface area contributed by atoms with Gasteiger partial charge in [0.25, 0.3) is 5.91 Å². The minimum absolute atomic E-state index is 0.100. The molecule has 7 heteroatoms. The second-order valence-electron chi connectivity index (χ2n) is 5.43. The maximum atomic E-state index is 12.2. The predicted octanol–water partition coefficient (Wildman–Crippen LogP) is 2.98. The zero-order valence-electron chi connectivity index (χ0n) is 13.4. The van der Waals surface area contributed by atoms with Gasteiger partial charge in [0, 0.05) is 23.7 Å². The number of hydrogen-bond acceptors (Lipinski definition) is 6. The maximum Gasteiger partial charge on any atom is 0.279 e. The highest BCUT2D eigenvalue weighted by molar-refractivity contribution is 7.15. The largest absolute Gasteiger partial charge is 0.382 e. The van der Waals surface area contributed by atoms with Gasteiger partial charge < -0.3 is 5.73 Å². The van der Waals surface area contributed by atoms with Crippen molar-refractivity contribution in [3.63, 3.8) is 0 Å². The Morgan fingerprint density at radius 1 is 1.17 bits per heavy atom. The molecule has 3 aromatic rings. The molecule has 0 bridgehead atoms. The third kappa shape index (κ3) is 3.57. The van der Waals surface area contributed by atoms with E-state index in [9.17, 15) is 4.79 Å². The molecule has 0 aliphatic heterocycles. The van der Waals surface area contributed by atoms with Gasteiger partial charge in [-0.25, -0.2) is 15.0 Å². The van der Waals surface area contributed by atoms with E-state index in [1.54, 1.807) is 0 Å². The summed E-state index contributed by atoms with van der Waals surface area (Å²) in [4.78, 5) is 25.6. The third-order valence-corrected chi connectivity index (χ3v) is 4.61. The molecular formula is C17H17N5OS. The summed E-state index contributed by atoms with van der Waals surface area (Å²) in [6, 6.07) is 8.39. The van der Waals surface area contributed by atoms with Crippen molar-refractivity contribution in [3.8, 4) is 0 Å². The van der Waals surface area contributed by atoms with Crippen LogP contribution in [-0.4, -0.2) is 20.9 Å². The molecule has 24 heavy (non-hydrogen) atoms. The molecule has 0 aliphatic rings. The zero-order valence-corrected chi connectivity index (χ0v) is 14.2. The summed E-state index contributed by atoms with van der Waals surface area (Å²) >= 11 is 1.46. The third-order valence-electron chi connectivity index (χ3n) is 3.54. The smallest absolute Gasteiger partial charge is 0.279 e. The molecular weight excluding hydrogens is 322 g/mol. The van der Waals surface area contributed by atoms with E-state index >= 15 is 0 Å². The monoisotopic (exact) mass is 339 g/mol. The van der Waals surface area contributed by atoms with Gasteiger partial charge in [-0.05, 0) is 19.4 Å². The molecule has 2 heterocycles. The van der Waals surface area contributed by atoms with E-state index in [0.717, 1.165) is 17.0 Å². The van der Waals surface area contributed by atoms with Gasteiger partial charge in [-0.3, -0.25) is 10.1 Å². The summed E-state index contributed by atoms with van der Waals surface area (Å²) in [6.07, 6.45) is 3.66. The molecule has 0 unspecified atom stereocenters. The summed E-state index contributed by atoms with van der Waals surface area (Å²) in [5.74, 6) is -0.306. The number of anilines is 2. The Bertz CT molecular complexity index is 873. The number of hydrogen-bond donors (Lipinski definition) is 2. The standard InChI is InChI=1S/C17H17N5OS/c1-10-3-5-12(6-4-10)9-13-11(2)21-17(24-13)22-16(23)14-15(18)20-8-7-19-14/h3-8H,9H2,1-2H3,(H2,18,20)(H,21,22,23). The van der Waals surface area contributed by atoms with Crippen LogP contribution in [-0.2, 0) is 6.42 Å². The van der Waals surface area contributed by atoms with Crippen LogP contribution < -0.4 is 11.1 Å². The van der Waals surface area contributed by atoms with Gasteiger partial charge in [-0.15, -0.1) is 11.3 Å². The van der Waals surface area contributed by atoms with Gasteiger partial charge in [0.2, 0.25) is 0 Å². The minimum atomic E-state index is -0.406. The van der Waals surface area contributed by atoms with Crippen LogP contribution in [0.4, 0.5) is 10.9 Å². The first-order valence-corrected chi connectivity index (χ1v) is 8.24. The van der Waals surface area contributed by atoms with Crippen LogP contribution in [0.1, 0.15) is 32.2 Å². The highest BCUT2D eigenvalue weighted by Crippen LogP contribution is 2.26. The van der Waals surface area contributed by atoms with Gasteiger partial charge in [-0.1, -0.05) is 29.8 Å². The van der Waals surface area contributed by atoms with E-state index in [1.165, 1.54) is 34.9 Å². The number of benzene rings is 1. The van der Waals surface area contributed by atoms with Crippen molar-refractivity contribution in [2.75, 3.05) is 11.1 Å². The number of aryl methyl sites for hydroxylation is 2. The normalized spacial score (nSPS) is 10.6. The summed E-state index contributed by atoms with van der Waals surface area (Å²) in [7, 11) is 0. The lowest BCUT2D eigenvalue weighted by molar-refractivity contribution is 0.102. The Hall–Kier alpha value is -2.80. The van der Waals surface area contributed by atoms with Crippen molar-refractivity contribution < 1.29 is 4.79 Å². The van der Waals surface area contributed by atoms with E-state index in [2.05, 4.69) is 51.5 Å². The number of nitrogens with one attached hydrogen (secondary N) is 1. The van der Waals surface area contributed by atoms with E-state index in [-0.39, 0.29) is 11.5 Å². The van der Waals surface area contributed by atoms with Crippen LogP contribution in [0.2, 0.25) is 0 Å². The van der Waals surface area contributed by atoms with Crippen molar-refractivity contribution in [2.45, 2.75) is 20.3 Å². The Labute approximate surface area is 143 Å². The average molecular weight is 339 g/mol. The highest BCUT2D eigenvalue weighted by atomic mass is 32.1. The maximum absolute atomic E-state index is 12.2. The van der Waals surface area contributed by atoms with Crippen LogP contribution in [0.5, 0.6) is 0 Å². The molecule has 0 saturated carbocycles. The van der Waals surface area contributed by atoms with Gasteiger partial charge in [0.15, 0.2) is 16.6 Å². The van der Waals surface area contributed by atoms with E-state index in [0.29, 0.717) is 5.13 Å². The second kappa shape index (κ2) is 6.76. The number of thiazole rings is 1. The van der Waals surface area contributed by atoms with E-state index in [4.69, 9.17) is 5.73 Å². The first-order valence-electron chi connectivity index (χ1n) is 7.42. The number of aromatic nitrogens is 3. The van der Waals surface area contributed by atoms with Crippen molar-refractivity contribution in [2.24, 2.45) is 0 Å². The number of nitrogens with two attached hydrogens (primary N) is 1. The van der Waals surface area contributed by atoms with Crippen LogP contribution in [0.3, 0.4) is 0 Å². The lowest BCUT2D eigenvalue weighted by Crippen LogP contribution is -2.16. The fourth-order valence-corrected chi connectivity index (χ4v) is 3.21. The molecule has 3 N–H and O–H groups in total. The quantitative estimate of drug-likeness (QED) is 0.762. The number of nitrogens with zero attached hydrogens (tertiary/aromatic N) is 3. The summed E-state index contributed by atoms with van der Waals surface area (Å²) < 4.78 is 0. The fourth-order valence-electron chi connectivity index (χ4n) is 2.22. The molecule has 1 aromatic carbocycles. The number of carbonyl (C=O) groups is 1.